The maximum Gasteiger partial charge on any atom is 0.329 e. The molecule has 0 radical (unpaired) electrons. The van der Waals surface area contributed by atoms with E-state index in [-0.39, 0.29) is 25.4 Å². The van der Waals surface area contributed by atoms with Gasteiger partial charge in [-0.3, -0.25) is 4.79 Å². The van der Waals surface area contributed by atoms with E-state index in [1.807, 2.05) is 0 Å². The van der Waals surface area contributed by atoms with Crippen LogP contribution in [0.2, 0.25) is 0 Å². The molecular formula is C19H19NO6. The van der Waals surface area contributed by atoms with E-state index in [1.165, 1.54) is 18.2 Å². The second-order valence-electron chi connectivity index (χ2n) is 6.11. The van der Waals surface area contributed by atoms with Gasteiger partial charge in [0, 0.05) is 12.0 Å². The van der Waals surface area contributed by atoms with E-state index < -0.39 is 17.4 Å². The van der Waals surface area contributed by atoms with Gasteiger partial charge in [0.15, 0.2) is 11.5 Å². The quantitative estimate of drug-likeness (QED) is 0.733. The van der Waals surface area contributed by atoms with E-state index in [1.54, 1.807) is 31.2 Å². The molecule has 26 heavy (non-hydrogen) atoms. The predicted octanol–water partition coefficient (Wildman–Crippen LogP) is 2.33. The zero-order valence-electron chi connectivity index (χ0n) is 14.2. The monoisotopic (exact) mass is 357 g/mol. The van der Waals surface area contributed by atoms with Gasteiger partial charge in [0.2, 0.25) is 6.79 Å². The first-order chi connectivity index (χ1) is 12.4. The number of rotatable bonds is 6. The van der Waals surface area contributed by atoms with Gasteiger partial charge in [-0.2, -0.15) is 0 Å². The van der Waals surface area contributed by atoms with Crippen molar-refractivity contribution in [3.05, 3.63) is 53.6 Å². The molecule has 1 heterocycles. The number of aliphatic carboxylic acids is 1. The molecule has 0 spiro atoms. The van der Waals surface area contributed by atoms with E-state index in [0.29, 0.717) is 22.6 Å². The Morgan fingerprint density at radius 1 is 1.12 bits per heavy atom. The molecule has 1 unspecified atom stereocenters. The van der Waals surface area contributed by atoms with Crippen LogP contribution in [-0.2, 0) is 11.2 Å². The lowest BCUT2D eigenvalue weighted by molar-refractivity contribution is -0.144. The number of benzene rings is 2. The molecule has 3 rings (SSSR count). The second-order valence-corrected chi connectivity index (χ2v) is 6.11. The van der Waals surface area contributed by atoms with Crippen molar-refractivity contribution in [1.29, 1.82) is 0 Å². The molecule has 136 valence electrons. The topological polar surface area (TPSA) is 105 Å². The average Bonchev–Trinajstić information content (AvgIpc) is 3.10. The zero-order valence-corrected chi connectivity index (χ0v) is 14.2. The molecule has 3 N–H and O–H groups in total. The van der Waals surface area contributed by atoms with E-state index in [0.717, 1.165) is 0 Å². The standard InChI is InChI=1S/C19H19NO6/c1-2-19(18(23)24,10-12-3-6-14(21)7-4-12)20-17(22)13-5-8-15-16(9-13)26-11-25-15/h3-9,21H,2,10-11H2,1H3,(H,20,22)(H,23,24). The van der Waals surface area contributed by atoms with Crippen LogP contribution in [0.1, 0.15) is 29.3 Å². The fourth-order valence-corrected chi connectivity index (χ4v) is 2.83. The smallest absolute Gasteiger partial charge is 0.329 e. The third kappa shape index (κ3) is 3.42. The highest BCUT2D eigenvalue weighted by atomic mass is 16.7. The summed E-state index contributed by atoms with van der Waals surface area (Å²) >= 11 is 0. The lowest BCUT2D eigenvalue weighted by Gasteiger charge is -2.29. The van der Waals surface area contributed by atoms with Gasteiger partial charge in [-0.15, -0.1) is 0 Å². The molecule has 1 aliphatic rings. The second kappa shape index (κ2) is 6.95. The van der Waals surface area contributed by atoms with Crippen LogP contribution in [0.5, 0.6) is 17.2 Å². The Labute approximate surface area is 150 Å². The van der Waals surface area contributed by atoms with Gasteiger partial charge < -0.3 is 25.0 Å². The maximum atomic E-state index is 12.7. The first-order valence-electron chi connectivity index (χ1n) is 8.17. The molecule has 0 aromatic heterocycles. The summed E-state index contributed by atoms with van der Waals surface area (Å²) in [4.78, 5) is 24.6. The highest BCUT2D eigenvalue weighted by Gasteiger charge is 2.39. The number of carbonyl (C=O) groups excluding carboxylic acids is 1. The Hall–Kier alpha value is -3.22. The summed E-state index contributed by atoms with van der Waals surface area (Å²) in [6, 6.07) is 10.9. The minimum Gasteiger partial charge on any atom is -0.508 e. The van der Waals surface area contributed by atoms with Gasteiger partial charge in [-0.1, -0.05) is 19.1 Å². The number of hydrogen-bond donors (Lipinski definition) is 3. The molecule has 2 aromatic carbocycles. The Morgan fingerprint density at radius 3 is 2.46 bits per heavy atom. The molecule has 0 fully saturated rings. The van der Waals surface area contributed by atoms with E-state index in [2.05, 4.69) is 5.32 Å². The van der Waals surface area contributed by atoms with Gasteiger partial charge in [0.05, 0.1) is 0 Å². The average molecular weight is 357 g/mol. The zero-order chi connectivity index (χ0) is 18.7. The molecule has 1 amide bonds. The number of carbonyl (C=O) groups is 2. The maximum absolute atomic E-state index is 12.7. The first-order valence-corrected chi connectivity index (χ1v) is 8.17. The van der Waals surface area contributed by atoms with Crippen LogP contribution in [0.4, 0.5) is 0 Å². The van der Waals surface area contributed by atoms with Crippen molar-refractivity contribution in [3.8, 4) is 17.2 Å². The third-order valence-electron chi connectivity index (χ3n) is 4.44. The Balaban J connectivity index is 1.84. The van der Waals surface area contributed by atoms with Crippen molar-refractivity contribution < 1.29 is 29.3 Å². The molecule has 0 saturated carbocycles. The van der Waals surface area contributed by atoms with Crippen LogP contribution in [-0.4, -0.2) is 34.4 Å². The minimum absolute atomic E-state index is 0.0925. The van der Waals surface area contributed by atoms with Crippen molar-refractivity contribution in [3.63, 3.8) is 0 Å². The highest BCUT2D eigenvalue weighted by molar-refractivity contribution is 5.98. The predicted molar refractivity (Wildman–Crippen MR) is 92.5 cm³/mol. The fraction of sp³-hybridized carbons (Fsp3) is 0.263. The Morgan fingerprint density at radius 2 is 1.81 bits per heavy atom. The molecule has 1 atom stereocenters. The SMILES string of the molecule is CCC(Cc1ccc(O)cc1)(NC(=O)c1ccc2c(c1)OCO2)C(=O)O. The third-order valence-corrected chi connectivity index (χ3v) is 4.44. The number of aromatic hydroxyl groups is 1. The fourth-order valence-electron chi connectivity index (χ4n) is 2.83. The van der Waals surface area contributed by atoms with Crippen molar-refractivity contribution >= 4 is 11.9 Å². The molecule has 7 heteroatoms. The summed E-state index contributed by atoms with van der Waals surface area (Å²) in [5.74, 6) is -0.539. The largest absolute Gasteiger partial charge is 0.508 e. The first kappa shape index (κ1) is 17.6. The lowest BCUT2D eigenvalue weighted by atomic mass is 9.87. The number of ether oxygens (including phenoxy) is 2. The normalized spacial score (nSPS) is 14.5. The van der Waals surface area contributed by atoms with Crippen molar-refractivity contribution in [2.75, 3.05) is 6.79 Å². The highest BCUT2D eigenvalue weighted by Crippen LogP contribution is 2.32. The Kier molecular flexibility index (Phi) is 4.71. The van der Waals surface area contributed by atoms with E-state index in [9.17, 15) is 19.8 Å². The summed E-state index contributed by atoms with van der Waals surface area (Å²) in [5.41, 5.74) is -0.484. The van der Waals surface area contributed by atoms with Gasteiger partial charge in [0.1, 0.15) is 11.3 Å². The number of hydrogen-bond acceptors (Lipinski definition) is 5. The summed E-state index contributed by atoms with van der Waals surface area (Å²) in [5, 5.41) is 21.8. The van der Waals surface area contributed by atoms with E-state index >= 15 is 0 Å². The van der Waals surface area contributed by atoms with E-state index in [4.69, 9.17) is 9.47 Å². The van der Waals surface area contributed by atoms with Crippen LogP contribution in [0.15, 0.2) is 42.5 Å². The minimum atomic E-state index is -1.47. The molecule has 0 aliphatic carbocycles. The van der Waals surface area contributed by atoms with Gasteiger partial charge in [-0.05, 0) is 42.3 Å². The van der Waals surface area contributed by atoms with Crippen molar-refractivity contribution in [2.24, 2.45) is 0 Å². The summed E-state index contributed by atoms with van der Waals surface area (Å²) in [6.45, 7) is 1.80. The van der Waals surface area contributed by atoms with Crippen LogP contribution < -0.4 is 14.8 Å². The number of phenolic OH excluding ortho intramolecular Hbond substituents is 1. The molecule has 7 nitrogen and oxygen atoms in total. The van der Waals surface area contributed by atoms with Gasteiger partial charge >= 0.3 is 5.97 Å². The number of fused-ring (bicyclic) bond motifs is 1. The lowest BCUT2D eigenvalue weighted by Crippen LogP contribution is -2.55. The summed E-state index contributed by atoms with van der Waals surface area (Å²) < 4.78 is 10.5. The van der Waals surface area contributed by atoms with Crippen molar-refractivity contribution in [1.82, 2.24) is 5.32 Å². The Bertz CT molecular complexity index is 832. The van der Waals surface area contributed by atoms with Gasteiger partial charge in [0.25, 0.3) is 5.91 Å². The van der Waals surface area contributed by atoms with Gasteiger partial charge in [-0.25, -0.2) is 4.79 Å². The van der Waals surface area contributed by atoms with Crippen LogP contribution >= 0.6 is 0 Å². The number of carboxylic acid groups (broad SMARTS) is 1. The molecule has 0 saturated heterocycles. The van der Waals surface area contributed by atoms with Crippen molar-refractivity contribution in [2.45, 2.75) is 25.3 Å². The number of phenols is 1. The number of amides is 1. The van der Waals surface area contributed by atoms with Crippen LogP contribution in [0.3, 0.4) is 0 Å². The summed E-state index contributed by atoms with van der Waals surface area (Å²) in [7, 11) is 0. The number of carboxylic acids is 1. The number of nitrogens with one attached hydrogen (secondary N) is 1. The molecule has 0 bridgehead atoms. The molecule has 1 aliphatic heterocycles. The summed E-state index contributed by atoms with van der Waals surface area (Å²) in [6.07, 6.45) is 0.287. The van der Waals surface area contributed by atoms with Crippen LogP contribution in [0, 0.1) is 0 Å². The molecular weight excluding hydrogens is 338 g/mol. The van der Waals surface area contributed by atoms with Crippen LogP contribution in [0.25, 0.3) is 0 Å². The molecule has 2 aromatic rings.